The van der Waals surface area contributed by atoms with Gasteiger partial charge in [0.25, 0.3) is 5.91 Å². The molecule has 2 heterocycles. The smallest absolute Gasteiger partial charge is 0.274 e. The largest absolute Gasteiger partial charge is 0.494 e. The highest BCUT2D eigenvalue weighted by molar-refractivity contribution is 6.50. The van der Waals surface area contributed by atoms with E-state index in [4.69, 9.17) is 30.5 Å². The maximum atomic E-state index is 13.6. The Kier molecular flexibility index (Phi) is 5.84. The van der Waals surface area contributed by atoms with Crippen LogP contribution in [-0.2, 0) is 14.3 Å². The molecule has 2 aliphatic rings. The standard InChI is InChI=1S/C23H23ClN2O7/c1-10-18(27)19(28)15-12(8-24)9-26(17(15)20(10)31-3)23(29)13-6-11-7-14(30-2)21(32-4)22(33-5)16(11)25-13/h6-7,12,25H,8-9H2,1-5H3. The molecular formula is C23H23ClN2O7. The summed E-state index contributed by atoms with van der Waals surface area (Å²) in [6.07, 6.45) is 0. The Morgan fingerprint density at radius 3 is 2.33 bits per heavy atom. The monoisotopic (exact) mass is 474 g/mol. The van der Waals surface area contributed by atoms with Crippen molar-refractivity contribution in [2.45, 2.75) is 6.92 Å². The lowest BCUT2D eigenvalue weighted by atomic mass is 9.88. The molecule has 33 heavy (non-hydrogen) atoms. The molecule has 1 unspecified atom stereocenters. The zero-order chi connectivity index (χ0) is 24.0. The van der Waals surface area contributed by atoms with Gasteiger partial charge in [-0.25, -0.2) is 0 Å². The Bertz CT molecular complexity index is 1260. The molecule has 10 heteroatoms. The fourth-order valence-electron chi connectivity index (χ4n) is 4.42. The number of ether oxygens (including phenoxy) is 4. The molecule has 2 aromatic rings. The first-order valence-corrected chi connectivity index (χ1v) is 10.6. The van der Waals surface area contributed by atoms with Crippen molar-refractivity contribution in [2.75, 3.05) is 40.9 Å². The third-order valence-electron chi connectivity index (χ3n) is 5.97. The van der Waals surface area contributed by atoms with E-state index in [-0.39, 0.29) is 40.7 Å². The molecule has 0 bridgehead atoms. The zero-order valence-corrected chi connectivity index (χ0v) is 19.6. The van der Waals surface area contributed by atoms with Gasteiger partial charge in [0.15, 0.2) is 11.5 Å². The number of allylic oxidation sites excluding steroid dienone is 1. The number of alkyl halides is 1. The molecule has 1 aromatic carbocycles. The minimum absolute atomic E-state index is 0.0760. The maximum absolute atomic E-state index is 13.6. The number of benzene rings is 1. The molecule has 4 rings (SSSR count). The molecule has 0 saturated carbocycles. The predicted octanol–water partition coefficient (Wildman–Crippen LogP) is 2.83. The van der Waals surface area contributed by atoms with Crippen molar-refractivity contribution in [3.63, 3.8) is 0 Å². The SMILES string of the molecule is COC1=C(C)C(=O)C(=O)C2=C1N(C(=O)c1cc3cc(OC)c(OC)c(OC)c3[nH]1)CC2CCl. The summed E-state index contributed by atoms with van der Waals surface area (Å²) < 4.78 is 21.8. The molecule has 1 aliphatic carbocycles. The quantitative estimate of drug-likeness (QED) is 0.389. The minimum atomic E-state index is -0.656. The van der Waals surface area contributed by atoms with Gasteiger partial charge in [0.2, 0.25) is 17.3 Å². The van der Waals surface area contributed by atoms with Crippen LogP contribution in [0.2, 0.25) is 0 Å². The lowest BCUT2D eigenvalue weighted by Crippen LogP contribution is -2.32. The number of amides is 1. The lowest BCUT2D eigenvalue weighted by molar-refractivity contribution is -0.132. The number of methoxy groups -OCH3 is 4. The normalized spacial score (nSPS) is 18.2. The van der Waals surface area contributed by atoms with E-state index in [0.717, 1.165) is 0 Å². The number of aromatic amines is 1. The van der Waals surface area contributed by atoms with Crippen LogP contribution in [0.5, 0.6) is 17.2 Å². The molecule has 1 amide bonds. The molecule has 1 atom stereocenters. The Hall–Kier alpha value is -3.46. The second-order valence-electron chi connectivity index (χ2n) is 7.64. The van der Waals surface area contributed by atoms with Gasteiger partial charge in [-0.1, -0.05) is 0 Å². The van der Waals surface area contributed by atoms with Gasteiger partial charge in [-0.05, 0) is 19.1 Å². The van der Waals surface area contributed by atoms with Crippen molar-refractivity contribution in [3.8, 4) is 17.2 Å². The van der Waals surface area contributed by atoms with Gasteiger partial charge in [0.05, 0.1) is 39.7 Å². The fraction of sp³-hybridized carbons (Fsp3) is 0.348. The number of rotatable bonds is 6. The van der Waals surface area contributed by atoms with Gasteiger partial charge in [0, 0.05) is 34.9 Å². The molecule has 9 nitrogen and oxygen atoms in total. The van der Waals surface area contributed by atoms with E-state index in [0.29, 0.717) is 28.2 Å². The minimum Gasteiger partial charge on any atom is -0.494 e. The van der Waals surface area contributed by atoms with Gasteiger partial charge >= 0.3 is 0 Å². The van der Waals surface area contributed by atoms with E-state index in [9.17, 15) is 14.4 Å². The van der Waals surface area contributed by atoms with Crippen LogP contribution in [0.3, 0.4) is 0 Å². The number of halogens is 1. The Labute approximate surface area is 194 Å². The zero-order valence-electron chi connectivity index (χ0n) is 18.8. The van der Waals surface area contributed by atoms with Crippen molar-refractivity contribution in [3.05, 3.63) is 40.4 Å². The van der Waals surface area contributed by atoms with Crippen LogP contribution in [-0.4, -0.2) is 68.2 Å². The van der Waals surface area contributed by atoms with E-state index in [2.05, 4.69) is 4.98 Å². The van der Waals surface area contributed by atoms with Crippen molar-refractivity contribution < 1.29 is 33.3 Å². The third kappa shape index (κ3) is 3.26. The van der Waals surface area contributed by atoms with Crippen LogP contribution >= 0.6 is 11.6 Å². The molecule has 0 fully saturated rings. The highest BCUT2D eigenvalue weighted by Crippen LogP contribution is 2.44. The van der Waals surface area contributed by atoms with Crippen molar-refractivity contribution >= 4 is 40.0 Å². The van der Waals surface area contributed by atoms with Crippen LogP contribution in [0.25, 0.3) is 10.9 Å². The number of aromatic nitrogens is 1. The van der Waals surface area contributed by atoms with Crippen LogP contribution in [0.1, 0.15) is 17.4 Å². The van der Waals surface area contributed by atoms with Crippen molar-refractivity contribution in [1.82, 2.24) is 9.88 Å². The van der Waals surface area contributed by atoms with E-state index in [1.165, 1.54) is 40.3 Å². The first-order valence-electron chi connectivity index (χ1n) is 10.1. The first-order chi connectivity index (χ1) is 15.8. The highest BCUT2D eigenvalue weighted by atomic mass is 35.5. The average molecular weight is 475 g/mol. The van der Waals surface area contributed by atoms with Gasteiger partial charge < -0.3 is 28.8 Å². The number of nitrogens with one attached hydrogen (secondary N) is 1. The predicted molar refractivity (Wildman–Crippen MR) is 120 cm³/mol. The lowest BCUT2D eigenvalue weighted by Gasteiger charge is -2.24. The van der Waals surface area contributed by atoms with E-state index < -0.39 is 23.4 Å². The first kappa shape index (κ1) is 22.7. The number of carbonyl (C=O) groups is 3. The van der Waals surface area contributed by atoms with Gasteiger partial charge in [-0.15, -0.1) is 11.6 Å². The third-order valence-corrected chi connectivity index (χ3v) is 6.34. The fourth-order valence-corrected chi connectivity index (χ4v) is 4.67. The number of H-pyrrole nitrogens is 1. The van der Waals surface area contributed by atoms with Crippen molar-refractivity contribution in [1.29, 1.82) is 0 Å². The van der Waals surface area contributed by atoms with Gasteiger partial charge in [-0.2, -0.15) is 0 Å². The molecular weight excluding hydrogens is 452 g/mol. The molecule has 1 aliphatic heterocycles. The summed E-state index contributed by atoms with van der Waals surface area (Å²) in [5.74, 6) is -0.697. The number of hydrogen-bond donors (Lipinski definition) is 1. The number of fused-ring (bicyclic) bond motifs is 1. The van der Waals surface area contributed by atoms with Gasteiger partial charge in [0.1, 0.15) is 11.5 Å². The summed E-state index contributed by atoms with van der Waals surface area (Å²) in [7, 11) is 5.89. The number of hydrogen-bond acceptors (Lipinski definition) is 7. The second kappa shape index (κ2) is 8.47. The summed E-state index contributed by atoms with van der Waals surface area (Å²) in [5.41, 5.74) is 1.45. The van der Waals surface area contributed by atoms with Crippen LogP contribution in [0.4, 0.5) is 0 Å². The summed E-state index contributed by atoms with van der Waals surface area (Å²) in [6.45, 7) is 1.65. The maximum Gasteiger partial charge on any atom is 0.274 e. The van der Waals surface area contributed by atoms with Crippen molar-refractivity contribution in [2.24, 2.45) is 5.92 Å². The van der Waals surface area contributed by atoms with E-state index in [1.807, 2.05) is 0 Å². The topological polar surface area (TPSA) is 107 Å². The molecule has 1 N–H and O–H groups in total. The number of ketones is 2. The summed E-state index contributed by atoms with van der Waals surface area (Å²) in [4.78, 5) is 43.4. The molecule has 0 saturated heterocycles. The van der Waals surface area contributed by atoms with Crippen LogP contribution in [0.15, 0.2) is 34.7 Å². The van der Waals surface area contributed by atoms with E-state index in [1.54, 1.807) is 12.1 Å². The summed E-state index contributed by atoms with van der Waals surface area (Å²) in [6, 6.07) is 3.39. The number of Topliss-reactive ketones (excluding diaryl/α,β-unsaturated/α-hetero) is 2. The summed E-state index contributed by atoms with van der Waals surface area (Å²) in [5, 5.41) is 0.670. The molecule has 174 valence electrons. The number of nitrogens with zero attached hydrogens (tertiary/aromatic N) is 1. The van der Waals surface area contributed by atoms with Gasteiger partial charge in [-0.3, -0.25) is 14.4 Å². The average Bonchev–Trinajstić information content (AvgIpc) is 3.43. The summed E-state index contributed by atoms with van der Waals surface area (Å²) >= 11 is 6.11. The Morgan fingerprint density at radius 2 is 1.76 bits per heavy atom. The molecule has 0 radical (unpaired) electrons. The second-order valence-corrected chi connectivity index (χ2v) is 7.95. The van der Waals surface area contributed by atoms with E-state index >= 15 is 0 Å². The van der Waals surface area contributed by atoms with Crippen LogP contribution < -0.4 is 14.2 Å². The molecule has 0 spiro atoms. The highest BCUT2D eigenvalue weighted by Gasteiger charge is 2.46. The van der Waals surface area contributed by atoms with Crippen LogP contribution in [0, 0.1) is 5.92 Å². The Morgan fingerprint density at radius 1 is 1.06 bits per heavy atom. The molecule has 1 aromatic heterocycles. The Balaban J connectivity index is 1.85. The number of carbonyl (C=O) groups excluding carboxylic acids is 3.